The van der Waals surface area contributed by atoms with Crippen molar-refractivity contribution in [3.8, 4) is 5.75 Å². The highest BCUT2D eigenvalue weighted by Crippen LogP contribution is 2.37. The van der Waals surface area contributed by atoms with Crippen molar-refractivity contribution in [3.63, 3.8) is 0 Å². The van der Waals surface area contributed by atoms with Crippen LogP contribution in [0.25, 0.3) is 0 Å². The van der Waals surface area contributed by atoms with E-state index in [4.69, 9.17) is 22.1 Å². The largest absolute Gasteiger partial charge is 0.415 e. The van der Waals surface area contributed by atoms with Gasteiger partial charge in [0, 0.05) is 19.6 Å². The molecule has 5 heteroatoms. The fraction of sp³-hybridized carbons (Fsp3) is 0.500. The lowest BCUT2D eigenvalue weighted by atomic mass is 10.1. The predicted molar refractivity (Wildman–Crippen MR) is 75.6 cm³/mol. The molecule has 0 aromatic heterocycles. The molecule has 0 bridgehead atoms. The summed E-state index contributed by atoms with van der Waals surface area (Å²) in [5.74, 6) is 0.394. The van der Waals surface area contributed by atoms with Gasteiger partial charge < -0.3 is 15.4 Å². The van der Waals surface area contributed by atoms with Crippen molar-refractivity contribution in [1.29, 1.82) is 0 Å². The maximum atomic E-state index is 11.9. The van der Waals surface area contributed by atoms with E-state index < -0.39 is 6.09 Å². The summed E-state index contributed by atoms with van der Waals surface area (Å²) in [5.41, 5.74) is 8.19. The van der Waals surface area contributed by atoms with Crippen molar-refractivity contribution in [2.75, 3.05) is 13.6 Å². The zero-order valence-electron chi connectivity index (χ0n) is 11.3. The predicted octanol–water partition coefficient (Wildman–Crippen LogP) is 3.13. The molecule has 104 valence electrons. The number of ether oxygens (including phenoxy) is 1. The maximum Gasteiger partial charge on any atom is 0.415 e. The first-order valence-electron chi connectivity index (χ1n) is 6.53. The lowest BCUT2D eigenvalue weighted by molar-refractivity contribution is 0.163. The minimum Gasteiger partial charge on any atom is -0.409 e. The summed E-state index contributed by atoms with van der Waals surface area (Å²) in [6, 6.07) is 3.66. The molecule has 1 aliphatic carbocycles. The van der Waals surface area contributed by atoms with E-state index in [0.29, 0.717) is 17.3 Å². The number of benzene rings is 1. The Morgan fingerprint density at radius 2 is 2.32 bits per heavy atom. The number of nitrogens with zero attached hydrogens (tertiary/aromatic N) is 1. The molecular formula is C14H19ClN2O2. The molecule has 1 unspecified atom stereocenters. The second-order valence-corrected chi connectivity index (χ2v) is 5.32. The molecule has 0 saturated heterocycles. The highest BCUT2D eigenvalue weighted by atomic mass is 35.5. The van der Waals surface area contributed by atoms with E-state index in [0.717, 1.165) is 30.4 Å². The van der Waals surface area contributed by atoms with E-state index in [1.807, 2.05) is 13.0 Å². The standard InChI is InChI=1S/C14H19ClN2O2/c1-3-6-17(2)14(18)19-13-8-10-9(7-11(13)15)4-5-12(10)16/h7-8,12H,3-6,16H2,1-2H3. The van der Waals surface area contributed by atoms with E-state index in [9.17, 15) is 4.79 Å². The van der Waals surface area contributed by atoms with Crippen molar-refractivity contribution < 1.29 is 9.53 Å². The van der Waals surface area contributed by atoms with Gasteiger partial charge in [-0.2, -0.15) is 0 Å². The van der Waals surface area contributed by atoms with Crippen molar-refractivity contribution in [2.45, 2.75) is 32.2 Å². The third-order valence-corrected chi connectivity index (χ3v) is 3.68. The summed E-state index contributed by atoms with van der Waals surface area (Å²) in [6.45, 7) is 2.66. The van der Waals surface area contributed by atoms with Crippen LogP contribution in [0.5, 0.6) is 5.75 Å². The van der Waals surface area contributed by atoms with Crippen molar-refractivity contribution in [1.82, 2.24) is 4.90 Å². The van der Waals surface area contributed by atoms with Gasteiger partial charge in [0.15, 0.2) is 5.75 Å². The van der Waals surface area contributed by atoms with Crippen LogP contribution in [0, 0.1) is 0 Å². The number of carbonyl (C=O) groups excluding carboxylic acids is 1. The SMILES string of the molecule is CCCN(C)C(=O)Oc1cc2c(cc1Cl)CCC2N. The highest BCUT2D eigenvalue weighted by Gasteiger charge is 2.22. The van der Waals surface area contributed by atoms with Crippen LogP contribution in [0.2, 0.25) is 5.02 Å². The van der Waals surface area contributed by atoms with Gasteiger partial charge in [-0.3, -0.25) is 0 Å². The second-order valence-electron chi connectivity index (χ2n) is 4.92. The van der Waals surface area contributed by atoms with E-state index in [1.54, 1.807) is 13.1 Å². The number of carbonyl (C=O) groups is 1. The molecule has 0 saturated carbocycles. The van der Waals surface area contributed by atoms with Gasteiger partial charge in [0.05, 0.1) is 5.02 Å². The first-order valence-corrected chi connectivity index (χ1v) is 6.91. The topological polar surface area (TPSA) is 55.6 Å². The Morgan fingerprint density at radius 3 is 3.00 bits per heavy atom. The average Bonchev–Trinajstić information content (AvgIpc) is 2.71. The molecule has 19 heavy (non-hydrogen) atoms. The third kappa shape index (κ3) is 3.01. The van der Waals surface area contributed by atoms with Crippen molar-refractivity contribution in [2.24, 2.45) is 5.73 Å². The van der Waals surface area contributed by atoms with Crippen LogP contribution in [-0.4, -0.2) is 24.6 Å². The lowest BCUT2D eigenvalue weighted by Gasteiger charge is -2.17. The molecular weight excluding hydrogens is 264 g/mol. The molecule has 1 aromatic rings. The van der Waals surface area contributed by atoms with Crippen LogP contribution < -0.4 is 10.5 Å². The molecule has 4 nitrogen and oxygen atoms in total. The number of rotatable bonds is 3. The number of halogens is 1. The van der Waals surface area contributed by atoms with Crippen molar-refractivity contribution in [3.05, 3.63) is 28.3 Å². The smallest absolute Gasteiger partial charge is 0.409 e. The summed E-state index contributed by atoms with van der Waals surface area (Å²) in [7, 11) is 1.71. The molecule has 1 amide bonds. The number of hydrogen-bond acceptors (Lipinski definition) is 3. The van der Waals surface area contributed by atoms with Gasteiger partial charge in [0.25, 0.3) is 0 Å². The van der Waals surface area contributed by atoms with Crippen LogP contribution >= 0.6 is 11.6 Å². The molecule has 0 aliphatic heterocycles. The monoisotopic (exact) mass is 282 g/mol. The first-order chi connectivity index (χ1) is 9.02. The second kappa shape index (κ2) is 5.80. The van der Waals surface area contributed by atoms with Gasteiger partial charge in [-0.05, 0) is 42.5 Å². The molecule has 1 atom stereocenters. The molecule has 1 aliphatic rings. The van der Waals surface area contributed by atoms with E-state index in [2.05, 4.69) is 0 Å². The van der Waals surface area contributed by atoms with Crippen LogP contribution in [0.15, 0.2) is 12.1 Å². The third-order valence-electron chi connectivity index (χ3n) is 3.39. The summed E-state index contributed by atoms with van der Waals surface area (Å²) < 4.78 is 5.33. The van der Waals surface area contributed by atoms with Gasteiger partial charge in [0.2, 0.25) is 0 Å². The first kappa shape index (κ1) is 14.2. The Morgan fingerprint density at radius 1 is 1.58 bits per heavy atom. The molecule has 0 radical (unpaired) electrons. The van der Waals surface area contributed by atoms with Crippen LogP contribution in [-0.2, 0) is 6.42 Å². The van der Waals surface area contributed by atoms with E-state index >= 15 is 0 Å². The Labute approximate surface area is 118 Å². The van der Waals surface area contributed by atoms with Crippen LogP contribution in [0.4, 0.5) is 4.79 Å². The molecule has 2 rings (SSSR count). The molecule has 0 spiro atoms. The van der Waals surface area contributed by atoms with Gasteiger partial charge in [0.1, 0.15) is 0 Å². The lowest BCUT2D eigenvalue weighted by Crippen LogP contribution is -2.30. The van der Waals surface area contributed by atoms with E-state index in [1.165, 1.54) is 4.90 Å². The quantitative estimate of drug-likeness (QED) is 0.927. The Kier molecular flexibility index (Phi) is 4.32. The summed E-state index contributed by atoms with van der Waals surface area (Å²) in [6.07, 6.45) is 2.34. The van der Waals surface area contributed by atoms with Crippen molar-refractivity contribution >= 4 is 17.7 Å². The zero-order chi connectivity index (χ0) is 14.0. The minimum absolute atomic E-state index is 0.0121. The molecule has 1 aromatic carbocycles. The van der Waals surface area contributed by atoms with Gasteiger partial charge >= 0.3 is 6.09 Å². The summed E-state index contributed by atoms with van der Waals surface area (Å²) >= 11 is 6.14. The highest BCUT2D eigenvalue weighted by molar-refractivity contribution is 6.32. The number of aryl methyl sites for hydroxylation is 1. The summed E-state index contributed by atoms with van der Waals surface area (Å²) in [4.78, 5) is 13.4. The molecule has 0 fully saturated rings. The Hall–Kier alpha value is -1.26. The van der Waals surface area contributed by atoms with Crippen LogP contribution in [0.1, 0.15) is 36.9 Å². The van der Waals surface area contributed by atoms with Gasteiger partial charge in [-0.25, -0.2) is 4.79 Å². The minimum atomic E-state index is -0.393. The molecule has 2 N–H and O–H groups in total. The zero-order valence-corrected chi connectivity index (χ0v) is 12.0. The van der Waals surface area contributed by atoms with Crippen LogP contribution in [0.3, 0.4) is 0 Å². The normalized spacial score (nSPS) is 17.2. The average molecular weight is 283 g/mol. The Bertz CT molecular complexity index is 491. The fourth-order valence-electron chi connectivity index (χ4n) is 2.32. The van der Waals surface area contributed by atoms with E-state index in [-0.39, 0.29) is 6.04 Å². The summed E-state index contributed by atoms with van der Waals surface area (Å²) in [5, 5.41) is 0.464. The Balaban J connectivity index is 2.17. The number of nitrogens with two attached hydrogens (primary N) is 1. The number of fused-ring (bicyclic) bond motifs is 1. The fourth-order valence-corrected chi connectivity index (χ4v) is 2.54. The van der Waals surface area contributed by atoms with Gasteiger partial charge in [-0.1, -0.05) is 18.5 Å². The van der Waals surface area contributed by atoms with Gasteiger partial charge in [-0.15, -0.1) is 0 Å². The molecule has 0 heterocycles. The number of amides is 1. The maximum absolute atomic E-state index is 11.9. The number of hydrogen-bond donors (Lipinski definition) is 1.